The molecule has 9 nitrogen and oxygen atoms in total. The number of anilines is 1. The van der Waals surface area contributed by atoms with Gasteiger partial charge in [0.15, 0.2) is 0 Å². The molecule has 1 aliphatic heterocycles. The molecule has 0 saturated heterocycles. The quantitative estimate of drug-likeness (QED) is 0.747. The Balaban J connectivity index is 2.80. The molecule has 0 aromatic heterocycles. The van der Waals surface area contributed by atoms with Crippen LogP contribution in [-0.2, 0) is 25.0 Å². The van der Waals surface area contributed by atoms with Crippen molar-refractivity contribution in [3.05, 3.63) is 17.7 Å². The smallest absolute Gasteiger partial charge is 0.282 e. The molecular weight excluding hydrogens is 372 g/mol. The highest BCUT2D eigenvalue weighted by molar-refractivity contribution is 7.86. The van der Waals surface area contributed by atoms with Crippen LogP contribution in [0.2, 0.25) is 0 Å². The van der Waals surface area contributed by atoms with Gasteiger partial charge < -0.3 is 0 Å². The van der Waals surface area contributed by atoms with E-state index in [1.807, 2.05) is 20.8 Å². The zero-order chi connectivity index (χ0) is 19.4. The van der Waals surface area contributed by atoms with E-state index in [1.54, 1.807) is 0 Å². The Kier molecular flexibility index (Phi) is 4.58. The van der Waals surface area contributed by atoms with Crippen molar-refractivity contribution in [2.45, 2.75) is 43.9 Å². The summed E-state index contributed by atoms with van der Waals surface area (Å²) in [6.07, 6.45) is -0.0799. The molecule has 1 aromatic carbocycles. The van der Waals surface area contributed by atoms with E-state index in [0.29, 0.717) is 5.71 Å². The summed E-state index contributed by atoms with van der Waals surface area (Å²) < 4.78 is 65.0. The maximum absolute atomic E-state index is 12.3. The van der Waals surface area contributed by atoms with Gasteiger partial charge in [-0.1, -0.05) is 20.8 Å². The minimum atomic E-state index is -4.77. The summed E-state index contributed by atoms with van der Waals surface area (Å²) in [5.74, 6) is -0.583. The number of aryl methyl sites for hydroxylation is 1. The molecule has 1 aliphatic rings. The average Bonchev–Trinajstić information content (AvgIpc) is 2.78. The van der Waals surface area contributed by atoms with Crippen LogP contribution in [0.5, 0.6) is 0 Å². The molecule has 0 unspecified atom stereocenters. The molecule has 0 bridgehead atoms. The van der Waals surface area contributed by atoms with Crippen LogP contribution in [0.1, 0.15) is 32.8 Å². The number of hydrogen-bond acceptors (Lipinski definition) is 6. The van der Waals surface area contributed by atoms with E-state index in [9.17, 15) is 30.7 Å². The molecule has 138 valence electrons. The molecule has 0 aliphatic carbocycles. The molecule has 25 heavy (non-hydrogen) atoms. The van der Waals surface area contributed by atoms with Gasteiger partial charge in [0.05, 0.1) is 22.7 Å². The fourth-order valence-corrected chi connectivity index (χ4v) is 3.80. The number of carbonyl (C=O) groups is 1. The molecule has 0 radical (unpaired) electrons. The van der Waals surface area contributed by atoms with Crippen LogP contribution in [0, 0.1) is 12.3 Å². The highest BCUT2D eigenvalue weighted by atomic mass is 32.2. The predicted octanol–water partition coefficient (Wildman–Crippen LogP) is 1.63. The lowest BCUT2D eigenvalue weighted by Crippen LogP contribution is -2.23. The molecule has 1 aromatic rings. The fourth-order valence-electron chi connectivity index (χ4n) is 2.33. The van der Waals surface area contributed by atoms with Crippen LogP contribution in [-0.4, -0.2) is 37.6 Å². The number of amides is 1. The SMILES string of the molecule is Cc1cc(S(=O)(=O)O)c(N2N=C(C(C)(C)C)CC2=O)cc1S(=O)(=O)O. The van der Waals surface area contributed by atoms with Gasteiger partial charge in [0, 0.05) is 5.41 Å². The number of nitrogens with zero attached hydrogens (tertiary/aromatic N) is 2. The fraction of sp³-hybridized carbons (Fsp3) is 0.429. The molecule has 1 heterocycles. The van der Waals surface area contributed by atoms with Crippen molar-refractivity contribution in [1.29, 1.82) is 0 Å². The van der Waals surface area contributed by atoms with Gasteiger partial charge in [0.25, 0.3) is 26.1 Å². The van der Waals surface area contributed by atoms with Crippen LogP contribution < -0.4 is 5.01 Å². The zero-order valence-electron chi connectivity index (χ0n) is 14.0. The number of hydrazone groups is 1. The van der Waals surface area contributed by atoms with E-state index >= 15 is 0 Å². The van der Waals surface area contributed by atoms with E-state index < -0.39 is 47.0 Å². The maximum Gasteiger partial charge on any atom is 0.296 e. The Morgan fingerprint density at radius 1 is 1.04 bits per heavy atom. The van der Waals surface area contributed by atoms with Crippen molar-refractivity contribution >= 4 is 37.5 Å². The first-order chi connectivity index (χ1) is 11.1. The monoisotopic (exact) mass is 390 g/mol. The normalized spacial score (nSPS) is 16.3. The molecule has 0 saturated carbocycles. The summed E-state index contributed by atoms with van der Waals surface area (Å²) in [5, 5.41) is 4.82. The third-order valence-corrected chi connectivity index (χ3v) is 5.56. The van der Waals surface area contributed by atoms with Crippen molar-refractivity contribution in [2.24, 2.45) is 10.5 Å². The highest BCUT2D eigenvalue weighted by Gasteiger charge is 2.35. The molecular formula is C14H18N2O7S2. The second-order valence-corrected chi connectivity index (χ2v) is 9.49. The lowest BCUT2D eigenvalue weighted by atomic mass is 9.88. The first kappa shape index (κ1) is 19.5. The minimum Gasteiger partial charge on any atom is -0.282 e. The summed E-state index contributed by atoms with van der Waals surface area (Å²) in [5.41, 5.74) is -0.553. The molecule has 2 N–H and O–H groups in total. The lowest BCUT2D eigenvalue weighted by molar-refractivity contribution is -0.117. The second kappa shape index (κ2) is 5.87. The summed E-state index contributed by atoms with van der Waals surface area (Å²) in [6, 6.07) is 1.67. The van der Waals surface area contributed by atoms with E-state index in [4.69, 9.17) is 0 Å². The van der Waals surface area contributed by atoms with Crippen molar-refractivity contribution in [3.63, 3.8) is 0 Å². The average molecular weight is 390 g/mol. The molecule has 0 fully saturated rings. The molecule has 2 rings (SSSR count). The zero-order valence-corrected chi connectivity index (χ0v) is 15.6. The summed E-state index contributed by atoms with van der Waals surface area (Å²) in [6.45, 7) is 6.68. The maximum atomic E-state index is 12.3. The van der Waals surface area contributed by atoms with E-state index in [0.717, 1.165) is 17.1 Å². The molecule has 11 heteroatoms. The molecule has 1 amide bonds. The van der Waals surface area contributed by atoms with Gasteiger partial charge in [-0.3, -0.25) is 13.9 Å². The molecule has 0 atom stereocenters. The van der Waals surface area contributed by atoms with Crippen LogP contribution >= 0.6 is 0 Å². The number of hydrogen-bond donors (Lipinski definition) is 2. The first-order valence-electron chi connectivity index (χ1n) is 7.13. The summed E-state index contributed by atoms with van der Waals surface area (Å²) in [7, 11) is -9.44. The van der Waals surface area contributed by atoms with Crippen molar-refractivity contribution in [3.8, 4) is 0 Å². The van der Waals surface area contributed by atoms with Gasteiger partial charge in [-0.25, -0.2) is 0 Å². The molecule has 0 spiro atoms. The Morgan fingerprint density at radius 2 is 1.56 bits per heavy atom. The van der Waals surface area contributed by atoms with Gasteiger partial charge in [-0.15, -0.1) is 0 Å². The van der Waals surface area contributed by atoms with E-state index in [2.05, 4.69) is 5.10 Å². The van der Waals surface area contributed by atoms with Crippen molar-refractivity contribution < 1.29 is 30.7 Å². The van der Waals surface area contributed by atoms with Crippen molar-refractivity contribution in [1.82, 2.24) is 0 Å². The van der Waals surface area contributed by atoms with E-state index in [-0.39, 0.29) is 12.0 Å². The van der Waals surface area contributed by atoms with Crippen LogP contribution in [0.25, 0.3) is 0 Å². The van der Waals surface area contributed by atoms with Gasteiger partial charge >= 0.3 is 0 Å². The largest absolute Gasteiger partial charge is 0.296 e. The van der Waals surface area contributed by atoms with Gasteiger partial charge in [0.2, 0.25) is 0 Å². The van der Waals surface area contributed by atoms with Gasteiger partial charge in [-0.05, 0) is 24.6 Å². The summed E-state index contributed by atoms with van der Waals surface area (Å²) in [4.78, 5) is 11.0. The Labute approximate surface area is 145 Å². The Morgan fingerprint density at radius 3 is 1.96 bits per heavy atom. The van der Waals surface area contributed by atoms with Crippen LogP contribution in [0.3, 0.4) is 0 Å². The number of benzene rings is 1. The van der Waals surface area contributed by atoms with Crippen molar-refractivity contribution in [2.75, 3.05) is 5.01 Å². The Hall–Kier alpha value is -1.82. The van der Waals surface area contributed by atoms with Gasteiger partial charge in [0.1, 0.15) is 4.90 Å². The second-order valence-electron chi connectivity index (χ2n) is 6.71. The highest BCUT2D eigenvalue weighted by Crippen LogP contribution is 2.35. The first-order valence-corrected chi connectivity index (χ1v) is 10.0. The van der Waals surface area contributed by atoms with Gasteiger partial charge in [-0.2, -0.15) is 26.9 Å². The number of carbonyl (C=O) groups excluding carboxylic acids is 1. The summed E-state index contributed by atoms with van der Waals surface area (Å²) >= 11 is 0. The standard InChI is InChI=1S/C14H18N2O7S2/c1-8-5-11(25(21,22)23)9(6-10(8)24(18,19)20)16-13(17)7-12(15-16)14(2,3)4/h5-6H,7H2,1-4H3,(H,18,19,20)(H,21,22,23). The number of rotatable bonds is 3. The Bertz CT molecular complexity index is 987. The topological polar surface area (TPSA) is 141 Å². The lowest BCUT2D eigenvalue weighted by Gasteiger charge is -2.18. The third-order valence-electron chi connectivity index (χ3n) is 3.68. The predicted molar refractivity (Wildman–Crippen MR) is 89.8 cm³/mol. The minimum absolute atomic E-state index is 0.0799. The third kappa shape index (κ3) is 3.89. The van der Waals surface area contributed by atoms with Crippen LogP contribution in [0.4, 0.5) is 5.69 Å². The van der Waals surface area contributed by atoms with E-state index in [1.165, 1.54) is 6.92 Å². The van der Waals surface area contributed by atoms with Crippen LogP contribution in [0.15, 0.2) is 27.0 Å².